The molecule has 0 saturated heterocycles. The molecule has 0 aliphatic heterocycles. The molecule has 4 rings (SSSR count). The van der Waals surface area contributed by atoms with Gasteiger partial charge in [-0.1, -0.05) is 138 Å². The normalized spacial score (nSPS) is 14.1. The quantitative estimate of drug-likeness (QED) is 0.0830. The van der Waals surface area contributed by atoms with E-state index in [2.05, 4.69) is 5.32 Å². The number of carbonyl (C=O) groups is 6. The summed E-state index contributed by atoms with van der Waals surface area (Å²) < 4.78 is 31.8. The molecule has 336 valence electrons. The molecule has 0 fully saturated rings. The Hall–Kier alpha value is -6.11. The van der Waals surface area contributed by atoms with E-state index in [1.807, 2.05) is 20.8 Å². The van der Waals surface area contributed by atoms with Crippen molar-refractivity contribution in [1.29, 1.82) is 0 Å². The van der Waals surface area contributed by atoms with Gasteiger partial charge in [0.2, 0.25) is 17.9 Å². The van der Waals surface area contributed by atoms with Gasteiger partial charge in [-0.15, -0.1) is 0 Å². The maximum atomic E-state index is 14.6. The molecule has 0 bridgehead atoms. The number of amides is 3. The smallest absolute Gasteiger partial charge is 0.353 e. The number of benzene rings is 4. The van der Waals surface area contributed by atoms with Crippen molar-refractivity contribution in [3.8, 4) is 0 Å². The van der Waals surface area contributed by atoms with Gasteiger partial charge in [-0.05, 0) is 47.2 Å². The Kier molecular flexibility index (Phi) is 18.8. The molecule has 0 saturated carbocycles. The van der Waals surface area contributed by atoms with Crippen LogP contribution in [0.1, 0.15) is 51.7 Å². The Labute approximate surface area is 369 Å². The molecule has 0 spiro atoms. The van der Waals surface area contributed by atoms with Gasteiger partial charge >= 0.3 is 25.3 Å². The minimum absolute atomic E-state index is 0.0353. The minimum atomic E-state index is -4.03. The van der Waals surface area contributed by atoms with Crippen molar-refractivity contribution in [2.24, 2.45) is 17.6 Å². The van der Waals surface area contributed by atoms with Crippen LogP contribution in [0.4, 0.5) is 0 Å². The number of hydrogen-bond acceptors (Lipinski definition) is 11. The molecular formula is C48H59N4O10P. The molecule has 3 amide bonds. The van der Waals surface area contributed by atoms with Crippen LogP contribution in [-0.4, -0.2) is 96.9 Å². The van der Waals surface area contributed by atoms with Gasteiger partial charge in [0.1, 0.15) is 19.1 Å². The lowest BCUT2D eigenvalue weighted by Gasteiger charge is -2.30. The van der Waals surface area contributed by atoms with E-state index in [0.29, 0.717) is 24.0 Å². The molecule has 15 heteroatoms. The topological polar surface area (TPSA) is 192 Å². The third kappa shape index (κ3) is 14.2. The number of nitrogens with one attached hydrogen (secondary N) is 1. The van der Waals surface area contributed by atoms with Gasteiger partial charge in [0.15, 0.2) is 6.10 Å². The molecular weight excluding hydrogens is 824 g/mol. The van der Waals surface area contributed by atoms with Crippen molar-refractivity contribution in [3.05, 3.63) is 132 Å². The molecule has 0 heterocycles. The largest absolute Gasteiger partial charge is 0.451 e. The lowest BCUT2D eigenvalue weighted by atomic mass is 9.97. The zero-order valence-electron chi connectivity index (χ0n) is 36.8. The van der Waals surface area contributed by atoms with Gasteiger partial charge in [0, 0.05) is 26.9 Å². The highest BCUT2D eigenvalue weighted by Gasteiger charge is 2.38. The van der Waals surface area contributed by atoms with Crippen LogP contribution in [0.5, 0.6) is 0 Å². The maximum Gasteiger partial charge on any atom is 0.353 e. The SMILES string of the molecule is CC[C@H](C)[C@H](N)C(=O)N(C)CC(=O)O[C@H](Cc1ccccc1)C(=O)N[C@H](C(=O)N(C)CC(=O)O[C@H](Cc1ccccc1)C(=O)OP(=O)(c1ccccc1)c1ccccc1)[C@@H](C)CC. The Bertz CT molecular complexity index is 2130. The number of carbonyl (C=O) groups excluding carboxylic acids is 6. The minimum Gasteiger partial charge on any atom is -0.451 e. The summed E-state index contributed by atoms with van der Waals surface area (Å²) in [6.45, 7) is 6.22. The second kappa shape index (κ2) is 23.9. The fourth-order valence-corrected chi connectivity index (χ4v) is 8.57. The Morgan fingerprint density at radius 2 is 1.00 bits per heavy atom. The summed E-state index contributed by atoms with van der Waals surface area (Å²) in [5.41, 5.74) is 7.41. The van der Waals surface area contributed by atoms with Crippen LogP contribution in [0.3, 0.4) is 0 Å². The zero-order chi connectivity index (χ0) is 46.1. The molecule has 0 aliphatic rings. The molecule has 0 aromatic heterocycles. The fourth-order valence-electron chi connectivity index (χ4n) is 6.56. The van der Waals surface area contributed by atoms with Crippen LogP contribution in [-0.2, 0) is 60.2 Å². The van der Waals surface area contributed by atoms with Gasteiger partial charge in [0.25, 0.3) is 5.91 Å². The van der Waals surface area contributed by atoms with E-state index < -0.39 is 86.3 Å². The second-order valence-electron chi connectivity index (χ2n) is 15.6. The summed E-state index contributed by atoms with van der Waals surface area (Å²) in [5, 5.41) is 3.28. The molecule has 63 heavy (non-hydrogen) atoms. The fraction of sp³-hybridized carbons (Fsp3) is 0.375. The first kappa shape index (κ1) is 49.5. The number of likely N-dealkylation sites (N-methyl/N-ethyl adjacent to an activating group) is 2. The van der Waals surface area contributed by atoms with E-state index in [1.54, 1.807) is 128 Å². The van der Waals surface area contributed by atoms with Crippen molar-refractivity contribution < 1.29 is 47.3 Å². The van der Waals surface area contributed by atoms with E-state index >= 15 is 0 Å². The van der Waals surface area contributed by atoms with Crippen molar-refractivity contribution in [2.75, 3.05) is 27.2 Å². The van der Waals surface area contributed by atoms with Crippen molar-refractivity contribution in [2.45, 2.75) is 77.7 Å². The third-order valence-electron chi connectivity index (χ3n) is 10.8. The van der Waals surface area contributed by atoms with Crippen LogP contribution in [0.15, 0.2) is 121 Å². The summed E-state index contributed by atoms with van der Waals surface area (Å²) in [4.78, 5) is 84.1. The number of esters is 2. The Morgan fingerprint density at radius 3 is 1.44 bits per heavy atom. The summed E-state index contributed by atoms with van der Waals surface area (Å²) in [6, 6.07) is 32.2. The van der Waals surface area contributed by atoms with Gasteiger partial charge in [-0.25, -0.2) is 4.79 Å². The summed E-state index contributed by atoms with van der Waals surface area (Å²) in [7, 11) is -1.24. The molecule has 4 aromatic carbocycles. The predicted molar refractivity (Wildman–Crippen MR) is 240 cm³/mol. The van der Waals surface area contributed by atoms with Gasteiger partial charge in [0.05, 0.1) is 16.7 Å². The van der Waals surface area contributed by atoms with Crippen LogP contribution in [0, 0.1) is 11.8 Å². The first-order valence-corrected chi connectivity index (χ1v) is 22.7. The first-order chi connectivity index (χ1) is 30.1. The summed E-state index contributed by atoms with van der Waals surface area (Å²) in [5.74, 6) is -5.30. The van der Waals surface area contributed by atoms with Crippen LogP contribution >= 0.6 is 7.37 Å². The summed E-state index contributed by atoms with van der Waals surface area (Å²) in [6.07, 6.45) is -2.00. The highest BCUT2D eigenvalue weighted by molar-refractivity contribution is 7.74. The zero-order valence-corrected chi connectivity index (χ0v) is 37.6. The van der Waals surface area contributed by atoms with Crippen LogP contribution < -0.4 is 21.7 Å². The number of rotatable bonds is 22. The highest BCUT2D eigenvalue weighted by atomic mass is 31.2. The number of nitrogens with zero attached hydrogens (tertiary/aromatic N) is 2. The first-order valence-electron chi connectivity index (χ1n) is 21.0. The maximum absolute atomic E-state index is 14.6. The van der Waals surface area contributed by atoms with E-state index in [4.69, 9.17) is 19.7 Å². The van der Waals surface area contributed by atoms with Crippen LogP contribution in [0.2, 0.25) is 0 Å². The monoisotopic (exact) mass is 882 g/mol. The van der Waals surface area contributed by atoms with Gasteiger partial charge < -0.3 is 34.8 Å². The van der Waals surface area contributed by atoms with E-state index in [1.165, 1.54) is 14.1 Å². The van der Waals surface area contributed by atoms with Crippen molar-refractivity contribution in [1.82, 2.24) is 15.1 Å². The Morgan fingerprint density at radius 1 is 0.603 bits per heavy atom. The third-order valence-corrected chi connectivity index (χ3v) is 13.2. The van der Waals surface area contributed by atoms with Crippen LogP contribution in [0.25, 0.3) is 0 Å². The molecule has 4 aromatic rings. The van der Waals surface area contributed by atoms with E-state index in [0.717, 1.165) is 9.80 Å². The number of hydrogen-bond donors (Lipinski definition) is 2. The lowest BCUT2D eigenvalue weighted by molar-refractivity contribution is -0.164. The van der Waals surface area contributed by atoms with E-state index in [9.17, 15) is 33.3 Å². The molecule has 3 N–H and O–H groups in total. The number of ether oxygens (including phenoxy) is 2. The lowest BCUT2D eigenvalue weighted by Crippen LogP contribution is -2.55. The van der Waals surface area contributed by atoms with Gasteiger partial charge in [-0.3, -0.25) is 28.5 Å². The van der Waals surface area contributed by atoms with Gasteiger partial charge in [-0.2, -0.15) is 0 Å². The molecule has 14 nitrogen and oxygen atoms in total. The Balaban J connectivity index is 1.52. The average Bonchev–Trinajstić information content (AvgIpc) is 3.30. The molecule has 0 aliphatic carbocycles. The predicted octanol–water partition coefficient (Wildman–Crippen LogP) is 4.59. The second-order valence-corrected chi connectivity index (χ2v) is 18.0. The molecule has 0 radical (unpaired) electrons. The summed E-state index contributed by atoms with van der Waals surface area (Å²) >= 11 is 0. The number of nitrogens with two attached hydrogens (primary N) is 1. The van der Waals surface area contributed by atoms with E-state index in [-0.39, 0.29) is 29.4 Å². The highest BCUT2D eigenvalue weighted by Crippen LogP contribution is 2.45. The molecule has 6 atom stereocenters. The average molecular weight is 883 g/mol. The standard InChI is InChI=1S/C48H59N4O10P/c1-7-33(3)43(49)46(56)51(5)31-41(53)60-39(29-35-21-13-9-14-22-35)45(55)50-44(34(4)8-2)47(57)52(6)32-42(54)61-40(30-36-23-15-10-16-24-36)48(58)62-63(59,37-25-17-11-18-26-37)38-27-19-12-20-28-38/h9-28,33-34,39-40,43-44H,7-8,29-32,49H2,1-6H3,(H,50,55)/t33-,34-,39+,40+,43-,44-/m0/s1. The molecule has 0 unspecified atom stereocenters. The van der Waals surface area contributed by atoms with Crippen molar-refractivity contribution in [3.63, 3.8) is 0 Å². The van der Waals surface area contributed by atoms with Crippen molar-refractivity contribution >= 4 is 53.6 Å².